The first kappa shape index (κ1) is 13.4. The topological polar surface area (TPSA) is 54.5 Å². The smallest absolute Gasteiger partial charge is 0.196 e. The van der Waals surface area contributed by atoms with E-state index in [1.54, 1.807) is 11.8 Å². The number of aromatic nitrogens is 3. The van der Waals surface area contributed by atoms with Gasteiger partial charge in [-0.2, -0.15) is 5.26 Å². The SMILES string of the molecule is N#Cc1cc(Br)cc(Sc2nnc(C3CC3)n2C2CC2)c1. The molecule has 106 valence electrons. The highest BCUT2D eigenvalue weighted by atomic mass is 79.9. The zero-order valence-corrected chi connectivity index (χ0v) is 13.7. The average Bonchev–Trinajstić information content (AvgIpc) is 3.37. The molecule has 1 heterocycles. The van der Waals surface area contributed by atoms with Crippen LogP contribution in [0.3, 0.4) is 0 Å². The van der Waals surface area contributed by atoms with Crippen molar-refractivity contribution < 1.29 is 0 Å². The molecule has 0 aliphatic heterocycles. The average molecular weight is 361 g/mol. The third-order valence-electron chi connectivity index (χ3n) is 3.75. The lowest BCUT2D eigenvalue weighted by Crippen LogP contribution is -2.01. The summed E-state index contributed by atoms with van der Waals surface area (Å²) in [6, 6.07) is 8.52. The van der Waals surface area contributed by atoms with Gasteiger partial charge in [-0.3, -0.25) is 0 Å². The molecule has 0 atom stereocenters. The van der Waals surface area contributed by atoms with E-state index in [0.717, 1.165) is 20.3 Å². The van der Waals surface area contributed by atoms with Crippen molar-refractivity contribution in [3.63, 3.8) is 0 Å². The summed E-state index contributed by atoms with van der Waals surface area (Å²) in [7, 11) is 0. The molecular formula is C15H13BrN4S. The molecule has 4 rings (SSSR count). The second-order valence-electron chi connectivity index (χ2n) is 5.61. The molecule has 0 N–H and O–H groups in total. The lowest BCUT2D eigenvalue weighted by atomic mass is 10.2. The van der Waals surface area contributed by atoms with E-state index in [9.17, 15) is 0 Å². The highest BCUT2D eigenvalue weighted by molar-refractivity contribution is 9.10. The fourth-order valence-electron chi connectivity index (χ4n) is 2.45. The summed E-state index contributed by atoms with van der Waals surface area (Å²) in [6.45, 7) is 0. The van der Waals surface area contributed by atoms with Crippen LogP contribution in [0.25, 0.3) is 0 Å². The van der Waals surface area contributed by atoms with Crippen LogP contribution >= 0.6 is 27.7 Å². The molecule has 4 nitrogen and oxygen atoms in total. The Bertz CT molecular complexity index is 741. The molecule has 2 aliphatic carbocycles. The third-order valence-corrected chi connectivity index (χ3v) is 5.15. The summed E-state index contributed by atoms with van der Waals surface area (Å²) >= 11 is 5.06. The normalized spacial score (nSPS) is 17.7. The van der Waals surface area contributed by atoms with Crippen LogP contribution in [-0.2, 0) is 0 Å². The van der Waals surface area contributed by atoms with E-state index in [0.29, 0.717) is 17.5 Å². The van der Waals surface area contributed by atoms with Crippen molar-refractivity contribution in [2.45, 2.75) is 47.7 Å². The number of nitrogens with zero attached hydrogens (tertiary/aromatic N) is 4. The minimum absolute atomic E-state index is 0.584. The van der Waals surface area contributed by atoms with Crippen LogP contribution in [0.4, 0.5) is 0 Å². The van der Waals surface area contributed by atoms with E-state index in [-0.39, 0.29) is 0 Å². The predicted molar refractivity (Wildman–Crippen MR) is 83.2 cm³/mol. The van der Waals surface area contributed by atoms with Gasteiger partial charge >= 0.3 is 0 Å². The maximum Gasteiger partial charge on any atom is 0.196 e. The van der Waals surface area contributed by atoms with Crippen molar-refractivity contribution in [3.05, 3.63) is 34.1 Å². The van der Waals surface area contributed by atoms with E-state index in [2.05, 4.69) is 36.8 Å². The highest BCUT2D eigenvalue weighted by Gasteiger charge is 2.36. The lowest BCUT2D eigenvalue weighted by molar-refractivity contribution is 0.627. The van der Waals surface area contributed by atoms with E-state index < -0.39 is 0 Å². The van der Waals surface area contributed by atoms with Crippen molar-refractivity contribution in [1.82, 2.24) is 14.8 Å². The van der Waals surface area contributed by atoms with Gasteiger partial charge in [0.1, 0.15) is 5.82 Å². The van der Waals surface area contributed by atoms with Crippen molar-refractivity contribution >= 4 is 27.7 Å². The molecule has 0 spiro atoms. The molecule has 0 bridgehead atoms. The Hall–Kier alpha value is -1.32. The molecule has 0 saturated heterocycles. The number of hydrogen-bond acceptors (Lipinski definition) is 4. The predicted octanol–water partition coefficient (Wildman–Crippen LogP) is 4.28. The van der Waals surface area contributed by atoms with Crippen LogP contribution < -0.4 is 0 Å². The van der Waals surface area contributed by atoms with E-state index in [1.165, 1.54) is 25.7 Å². The quantitative estimate of drug-likeness (QED) is 0.816. The number of hydrogen-bond donors (Lipinski definition) is 0. The first-order valence-corrected chi connectivity index (χ1v) is 8.69. The Morgan fingerprint density at radius 1 is 1.19 bits per heavy atom. The zero-order valence-electron chi connectivity index (χ0n) is 11.3. The molecule has 2 aromatic rings. The van der Waals surface area contributed by atoms with Crippen molar-refractivity contribution in [3.8, 4) is 6.07 Å². The lowest BCUT2D eigenvalue weighted by Gasteiger charge is -2.08. The molecule has 6 heteroatoms. The standard InChI is InChI=1S/C15H13BrN4S/c16-11-5-9(8-17)6-13(7-11)21-15-19-18-14(10-1-2-10)20(15)12-3-4-12/h5-7,10,12H,1-4H2. The van der Waals surface area contributed by atoms with E-state index in [1.807, 2.05) is 18.2 Å². The maximum absolute atomic E-state index is 9.08. The van der Waals surface area contributed by atoms with Gasteiger partial charge in [0.15, 0.2) is 5.16 Å². The van der Waals surface area contributed by atoms with Crippen molar-refractivity contribution in [2.24, 2.45) is 0 Å². The molecule has 1 aromatic heterocycles. The largest absolute Gasteiger partial charge is 0.302 e. The minimum atomic E-state index is 0.584. The summed E-state index contributed by atoms with van der Waals surface area (Å²) < 4.78 is 3.25. The molecule has 0 unspecified atom stereocenters. The second kappa shape index (κ2) is 5.15. The number of halogens is 1. The van der Waals surface area contributed by atoms with Gasteiger partial charge in [-0.05, 0) is 55.6 Å². The second-order valence-corrected chi connectivity index (χ2v) is 7.56. The summed E-state index contributed by atoms with van der Waals surface area (Å²) in [6.07, 6.45) is 4.94. The third kappa shape index (κ3) is 2.72. The van der Waals surface area contributed by atoms with Crippen molar-refractivity contribution in [2.75, 3.05) is 0 Å². The van der Waals surface area contributed by atoms with Crippen molar-refractivity contribution in [1.29, 1.82) is 5.26 Å². The van der Waals surface area contributed by atoms with Gasteiger partial charge < -0.3 is 4.57 Å². The summed E-state index contributed by atoms with van der Waals surface area (Å²) in [5, 5.41) is 18.8. The molecule has 1 aromatic carbocycles. The summed E-state index contributed by atoms with van der Waals surface area (Å²) in [5.41, 5.74) is 0.659. The fourth-order valence-corrected chi connectivity index (χ4v) is 4.10. The van der Waals surface area contributed by atoms with Gasteiger partial charge in [0.05, 0.1) is 11.6 Å². The summed E-state index contributed by atoms with van der Waals surface area (Å²) in [5.74, 6) is 1.78. The Morgan fingerprint density at radius 3 is 2.67 bits per heavy atom. The van der Waals surface area contributed by atoms with Crippen LogP contribution in [0.15, 0.2) is 32.7 Å². The first-order valence-electron chi connectivity index (χ1n) is 7.08. The van der Waals surface area contributed by atoms with Gasteiger partial charge in [0, 0.05) is 21.3 Å². The number of rotatable bonds is 4. The Labute approximate surface area is 135 Å². The Kier molecular flexibility index (Phi) is 3.27. The molecule has 0 amide bonds. The van der Waals surface area contributed by atoms with Gasteiger partial charge in [0.2, 0.25) is 0 Å². The maximum atomic E-state index is 9.08. The molecule has 2 aliphatic rings. The molecule has 21 heavy (non-hydrogen) atoms. The van der Waals surface area contributed by atoms with Gasteiger partial charge in [-0.1, -0.05) is 15.9 Å². The van der Waals surface area contributed by atoms with Crippen LogP contribution in [0.1, 0.15) is 49.0 Å². The van der Waals surface area contributed by atoms with Gasteiger partial charge in [-0.15, -0.1) is 10.2 Å². The van der Waals surface area contributed by atoms with Gasteiger partial charge in [0.25, 0.3) is 0 Å². The minimum Gasteiger partial charge on any atom is -0.302 e. The monoisotopic (exact) mass is 360 g/mol. The van der Waals surface area contributed by atoms with Gasteiger partial charge in [-0.25, -0.2) is 0 Å². The molecule has 2 fully saturated rings. The molecule has 0 radical (unpaired) electrons. The zero-order chi connectivity index (χ0) is 14.4. The van der Waals surface area contributed by atoms with Crippen LogP contribution in [-0.4, -0.2) is 14.8 Å². The molecule has 2 saturated carbocycles. The highest BCUT2D eigenvalue weighted by Crippen LogP contribution is 2.46. The fraction of sp³-hybridized carbons (Fsp3) is 0.400. The van der Waals surface area contributed by atoms with Crippen LogP contribution in [0.5, 0.6) is 0 Å². The first-order chi connectivity index (χ1) is 10.2. The van der Waals surface area contributed by atoms with Crippen LogP contribution in [0.2, 0.25) is 0 Å². The number of nitriles is 1. The Morgan fingerprint density at radius 2 is 2.00 bits per heavy atom. The molecular weight excluding hydrogens is 348 g/mol. The van der Waals surface area contributed by atoms with E-state index in [4.69, 9.17) is 5.26 Å². The summed E-state index contributed by atoms with van der Waals surface area (Å²) in [4.78, 5) is 1.03. The number of benzene rings is 1. The Balaban J connectivity index is 1.68. The van der Waals surface area contributed by atoms with Crippen LogP contribution in [0, 0.1) is 11.3 Å². The van der Waals surface area contributed by atoms with E-state index >= 15 is 0 Å².